The Morgan fingerprint density at radius 2 is 1.92 bits per heavy atom. The molecule has 2 saturated heterocycles. The predicted octanol–water partition coefficient (Wildman–Crippen LogP) is 1.85. The lowest BCUT2D eigenvalue weighted by Crippen LogP contribution is -2.55. The molecule has 0 aliphatic carbocycles. The van der Waals surface area contributed by atoms with Crippen molar-refractivity contribution in [3.63, 3.8) is 0 Å². The van der Waals surface area contributed by atoms with Crippen LogP contribution in [-0.2, 0) is 11.3 Å². The zero-order valence-corrected chi connectivity index (χ0v) is 14.1. The Morgan fingerprint density at radius 3 is 2.54 bits per heavy atom. The number of imide groups is 1. The minimum absolute atomic E-state index is 0.143. The number of nitrogens with zero attached hydrogens (tertiary/aromatic N) is 3. The van der Waals surface area contributed by atoms with Gasteiger partial charge in [-0.3, -0.25) is 9.69 Å². The first-order valence-electron chi connectivity index (χ1n) is 8.33. The molecule has 0 atom stereocenters. The van der Waals surface area contributed by atoms with Gasteiger partial charge >= 0.3 is 6.03 Å². The molecule has 3 rings (SSSR count). The first-order chi connectivity index (χ1) is 11.5. The van der Waals surface area contributed by atoms with E-state index in [1.54, 1.807) is 18.2 Å². The summed E-state index contributed by atoms with van der Waals surface area (Å²) in [5.41, 5.74) is 0.415. The first kappa shape index (κ1) is 16.5. The molecule has 0 aromatic heterocycles. The zero-order valence-electron chi connectivity index (χ0n) is 14.1. The number of piperidine rings is 1. The van der Waals surface area contributed by atoms with E-state index in [2.05, 4.69) is 30.1 Å². The van der Waals surface area contributed by atoms with E-state index in [1.165, 1.54) is 4.90 Å². The number of nitriles is 1. The first-order valence-corrected chi connectivity index (χ1v) is 8.33. The molecule has 2 aliphatic heterocycles. The summed E-state index contributed by atoms with van der Waals surface area (Å²) in [6.45, 7) is 6.01. The maximum absolute atomic E-state index is 12.9. The molecule has 0 radical (unpaired) electrons. The maximum atomic E-state index is 12.9. The Balaban J connectivity index is 1.77. The lowest BCUT2D eigenvalue weighted by atomic mass is 9.87. The summed E-state index contributed by atoms with van der Waals surface area (Å²) in [6.07, 6.45) is 1.26. The summed E-state index contributed by atoms with van der Waals surface area (Å²) < 4.78 is 0. The van der Waals surface area contributed by atoms with E-state index in [-0.39, 0.29) is 18.5 Å². The number of benzene rings is 1. The van der Waals surface area contributed by atoms with E-state index in [0.29, 0.717) is 30.0 Å². The Bertz CT molecular complexity index is 699. The van der Waals surface area contributed by atoms with E-state index in [9.17, 15) is 14.9 Å². The molecule has 126 valence electrons. The number of nitrogens with one attached hydrogen (secondary N) is 1. The van der Waals surface area contributed by atoms with Crippen molar-refractivity contribution in [1.29, 1.82) is 5.26 Å². The molecule has 1 aromatic carbocycles. The fourth-order valence-electron chi connectivity index (χ4n) is 3.52. The molecular weight excluding hydrogens is 304 g/mol. The molecule has 6 heteroatoms. The van der Waals surface area contributed by atoms with Crippen molar-refractivity contribution in [3.8, 4) is 6.07 Å². The zero-order chi connectivity index (χ0) is 17.3. The fourth-order valence-corrected chi connectivity index (χ4v) is 3.52. The van der Waals surface area contributed by atoms with Gasteiger partial charge in [0, 0.05) is 19.1 Å². The molecule has 2 aliphatic rings. The molecule has 2 heterocycles. The van der Waals surface area contributed by atoms with Crippen LogP contribution in [0.4, 0.5) is 4.79 Å². The minimum Gasteiger partial charge on any atom is -0.323 e. The number of urea groups is 1. The van der Waals surface area contributed by atoms with Crippen molar-refractivity contribution in [2.45, 2.75) is 44.8 Å². The molecule has 0 bridgehead atoms. The predicted molar refractivity (Wildman–Crippen MR) is 88.9 cm³/mol. The molecule has 2 fully saturated rings. The molecule has 0 unspecified atom stereocenters. The summed E-state index contributed by atoms with van der Waals surface area (Å²) >= 11 is 0. The van der Waals surface area contributed by atoms with Gasteiger partial charge in [0.1, 0.15) is 5.54 Å². The maximum Gasteiger partial charge on any atom is 0.325 e. The van der Waals surface area contributed by atoms with E-state index < -0.39 is 5.54 Å². The third kappa shape index (κ3) is 2.76. The van der Waals surface area contributed by atoms with Crippen molar-refractivity contribution < 1.29 is 9.59 Å². The molecule has 1 N–H and O–H groups in total. The summed E-state index contributed by atoms with van der Waals surface area (Å²) in [5, 5.41) is 12.1. The quantitative estimate of drug-likeness (QED) is 0.860. The molecule has 24 heavy (non-hydrogen) atoms. The standard InChI is InChI=1S/C18H22N4O2/c1-13(2)21-9-7-18(8-10-21)16(23)22(17(24)20-18)12-15-6-4-3-5-14(15)11-19/h3-6,13H,7-10,12H2,1-2H3,(H,20,24). The molecule has 1 aromatic rings. The third-order valence-electron chi connectivity index (χ3n) is 5.09. The second-order valence-corrected chi connectivity index (χ2v) is 6.80. The van der Waals surface area contributed by atoms with Crippen LogP contribution in [0, 0.1) is 11.3 Å². The van der Waals surface area contributed by atoms with E-state index in [0.717, 1.165) is 13.1 Å². The van der Waals surface area contributed by atoms with Crippen molar-refractivity contribution in [2.24, 2.45) is 0 Å². The van der Waals surface area contributed by atoms with Crippen molar-refractivity contribution in [1.82, 2.24) is 15.1 Å². The van der Waals surface area contributed by atoms with Crippen LogP contribution in [-0.4, -0.2) is 46.4 Å². The van der Waals surface area contributed by atoms with Crippen molar-refractivity contribution in [3.05, 3.63) is 35.4 Å². The summed E-state index contributed by atoms with van der Waals surface area (Å²) in [6, 6.07) is 9.26. The Morgan fingerprint density at radius 1 is 1.25 bits per heavy atom. The van der Waals surface area contributed by atoms with Gasteiger partial charge in [-0.15, -0.1) is 0 Å². The van der Waals surface area contributed by atoms with Gasteiger partial charge in [-0.05, 0) is 38.3 Å². The molecule has 1 spiro atoms. The molecule has 0 saturated carbocycles. The van der Waals surface area contributed by atoms with Gasteiger partial charge in [-0.25, -0.2) is 4.79 Å². The van der Waals surface area contributed by atoms with Crippen molar-refractivity contribution >= 4 is 11.9 Å². The number of hydrogen-bond acceptors (Lipinski definition) is 4. The lowest BCUT2D eigenvalue weighted by molar-refractivity contribution is -0.133. The normalized spacial score (nSPS) is 20.5. The number of hydrogen-bond donors (Lipinski definition) is 1. The van der Waals surface area contributed by atoms with Crippen LogP contribution in [0.1, 0.15) is 37.8 Å². The van der Waals surface area contributed by atoms with Gasteiger partial charge in [0.15, 0.2) is 0 Å². The largest absolute Gasteiger partial charge is 0.325 e. The van der Waals surface area contributed by atoms with E-state index in [4.69, 9.17) is 0 Å². The number of rotatable bonds is 3. The van der Waals surface area contributed by atoms with Gasteiger partial charge in [0.05, 0.1) is 18.2 Å². The van der Waals surface area contributed by atoms with Crippen LogP contribution < -0.4 is 5.32 Å². The minimum atomic E-state index is -0.774. The third-order valence-corrected chi connectivity index (χ3v) is 5.09. The highest BCUT2D eigenvalue weighted by Crippen LogP contribution is 2.31. The highest BCUT2D eigenvalue weighted by Gasteiger charge is 2.52. The van der Waals surface area contributed by atoms with Crippen LogP contribution in [0.3, 0.4) is 0 Å². The molecular formula is C18H22N4O2. The summed E-state index contributed by atoms with van der Waals surface area (Å²) in [4.78, 5) is 28.9. The highest BCUT2D eigenvalue weighted by atomic mass is 16.2. The Kier molecular flexibility index (Phi) is 4.29. The van der Waals surface area contributed by atoms with Gasteiger partial charge in [-0.2, -0.15) is 5.26 Å². The molecule has 6 nitrogen and oxygen atoms in total. The Labute approximate surface area is 142 Å². The number of amides is 3. The topological polar surface area (TPSA) is 76.4 Å². The van der Waals surface area contributed by atoms with Gasteiger partial charge in [0.2, 0.25) is 0 Å². The second kappa shape index (κ2) is 6.25. The van der Waals surface area contributed by atoms with Gasteiger partial charge < -0.3 is 10.2 Å². The van der Waals surface area contributed by atoms with Crippen LogP contribution in [0.2, 0.25) is 0 Å². The van der Waals surface area contributed by atoms with Crippen LogP contribution in [0.15, 0.2) is 24.3 Å². The summed E-state index contributed by atoms with van der Waals surface area (Å²) in [5.74, 6) is -0.163. The van der Waals surface area contributed by atoms with E-state index >= 15 is 0 Å². The Hall–Kier alpha value is -2.39. The number of carbonyl (C=O) groups excluding carboxylic acids is 2. The lowest BCUT2D eigenvalue weighted by Gasteiger charge is -2.39. The second-order valence-electron chi connectivity index (χ2n) is 6.80. The molecule has 3 amide bonds. The summed E-state index contributed by atoms with van der Waals surface area (Å²) in [7, 11) is 0. The SMILES string of the molecule is CC(C)N1CCC2(CC1)NC(=O)N(Cc1ccccc1C#N)C2=O. The van der Waals surface area contributed by atoms with Gasteiger partial charge in [0.25, 0.3) is 5.91 Å². The highest BCUT2D eigenvalue weighted by molar-refractivity contribution is 6.07. The fraction of sp³-hybridized carbons (Fsp3) is 0.500. The van der Waals surface area contributed by atoms with Crippen LogP contribution >= 0.6 is 0 Å². The van der Waals surface area contributed by atoms with Gasteiger partial charge in [-0.1, -0.05) is 18.2 Å². The van der Waals surface area contributed by atoms with Crippen LogP contribution in [0.25, 0.3) is 0 Å². The van der Waals surface area contributed by atoms with Crippen LogP contribution in [0.5, 0.6) is 0 Å². The monoisotopic (exact) mass is 326 g/mol. The average Bonchev–Trinajstić information content (AvgIpc) is 2.80. The van der Waals surface area contributed by atoms with Crippen molar-refractivity contribution in [2.75, 3.05) is 13.1 Å². The smallest absolute Gasteiger partial charge is 0.323 e. The van der Waals surface area contributed by atoms with E-state index in [1.807, 2.05) is 6.07 Å². The number of carbonyl (C=O) groups is 2. The average molecular weight is 326 g/mol. The number of likely N-dealkylation sites (tertiary alicyclic amines) is 1.